The molecule has 4 atom stereocenters. The first kappa shape index (κ1) is 8.89. The molecule has 0 spiro atoms. The van der Waals surface area contributed by atoms with Crippen LogP contribution in [0.3, 0.4) is 0 Å². The fraction of sp³-hybridized carbons (Fsp3) is 1.00. The van der Waals surface area contributed by atoms with Gasteiger partial charge in [-0.25, -0.2) is 0 Å². The maximum Gasteiger partial charge on any atom is 0.0265 e. The van der Waals surface area contributed by atoms with E-state index < -0.39 is 0 Å². The molecule has 0 aromatic carbocycles. The summed E-state index contributed by atoms with van der Waals surface area (Å²) >= 11 is 9.72. The predicted octanol–water partition coefficient (Wildman–Crippen LogP) is 3.57. The molecular weight excluding hydrogens is 288 g/mol. The zero-order chi connectivity index (χ0) is 7.84. The van der Waals surface area contributed by atoms with Crippen molar-refractivity contribution in [1.29, 1.82) is 0 Å². The third-order valence-electron chi connectivity index (χ3n) is 2.61. The van der Waals surface area contributed by atoms with Crippen molar-refractivity contribution in [3.8, 4) is 0 Å². The first-order valence-corrected chi connectivity index (χ1v) is 6.98. The Kier molecular flexibility index (Phi) is 2.90. The molecule has 0 saturated carbocycles. The molecule has 2 aliphatic heterocycles. The summed E-state index contributed by atoms with van der Waals surface area (Å²) in [6.45, 7) is 0. The molecule has 0 N–H and O–H groups in total. The van der Waals surface area contributed by atoms with Crippen molar-refractivity contribution in [2.75, 3.05) is 0 Å². The van der Waals surface area contributed by atoms with Crippen molar-refractivity contribution in [3.63, 3.8) is 0 Å². The molecule has 0 aromatic rings. The van der Waals surface area contributed by atoms with Crippen LogP contribution < -0.4 is 0 Å². The molecule has 0 unspecified atom stereocenters. The molecular formula is C8H12Br2S. The zero-order valence-corrected chi connectivity index (χ0v) is 10.3. The van der Waals surface area contributed by atoms with Crippen LogP contribution in [0.2, 0.25) is 0 Å². The van der Waals surface area contributed by atoms with Crippen LogP contribution in [0, 0.1) is 0 Å². The first-order valence-electron chi connectivity index (χ1n) is 4.21. The summed E-state index contributed by atoms with van der Waals surface area (Å²) in [4.78, 5) is 1.59. The minimum absolute atomic E-state index is 0.795. The molecule has 64 valence electrons. The Bertz CT molecular complexity index is 135. The van der Waals surface area contributed by atoms with Crippen LogP contribution in [0.1, 0.15) is 25.7 Å². The Hall–Kier alpha value is 1.31. The summed E-state index contributed by atoms with van der Waals surface area (Å²) in [6, 6.07) is 0. The Balaban J connectivity index is 2.02. The summed E-state index contributed by atoms with van der Waals surface area (Å²) in [7, 11) is 0. The number of halogens is 2. The Morgan fingerprint density at radius 3 is 1.73 bits per heavy atom. The Morgan fingerprint density at radius 2 is 1.27 bits per heavy atom. The highest BCUT2D eigenvalue weighted by Gasteiger charge is 2.36. The van der Waals surface area contributed by atoms with Crippen molar-refractivity contribution < 1.29 is 0 Å². The van der Waals surface area contributed by atoms with Gasteiger partial charge in [0.15, 0.2) is 0 Å². The van der Waals surface area contributed by atoms with Crippen LogP contribution in [0.15, 0.2) is 0 Å². The van der Waals surface area contributed by atoms with Gasteiger partial charge in [-0.1, -0.05) is 31.9 Å². The molecule has 0 aliphatic carbocycles. The molecule has 0 radical (unpaired) electrons. The van der Waals surface area contributed by atoms with Crippen LogP contribution in [-0.4, -0.2) is 20.2 Å². The van der Waals surface area contributed by atoms with Crippen LogP contribution >= 0.6 is 43.6 Å². The topological polar surface area (TPSA) is 0 Å². The normalized spacial score (nSPS) is 50.7. The summed E-state index contributed by atoms with van der Waals surface area (Å²) in [5.74, 6) is 0. The van der Waals surface area contributed by atoms with Gasteiger partial charge in [-0.3, -0.25) is 0 Å². The van der Waals surface area contributed by atoms with E-state index in [0.717, 1.165) is 20.2 Å². The zero-order valence-electron chi connectivity index (χ0n) is 6.30. The summed E-state index contributed by atoms with van der Waals surface area (Å²) in [5.41, 5.74) is 0. The van der Waals surface area contributed by atoms with E-state index in [4.69, 9.17) is 0 Å². The number of thioether (sulfide) groups is 1. The van der Waals surface area contributed by atoms with E-state index >= 15 is 0 Å². The van der Waals surface area contributed by atoms with Gasteiger partial charge in [0, 0.05) is 20.2 Å². The number of alkyl halides is 2. The minimum Gasteiger partial charge on any atom is -0.153 e. The molecule has 2 heterocycles. The molecule has 0 nitrogen and oxygen atoms in total. The maximum absolute atomic E-state index is 3.76. The lowest BCUT2D eigenvalue weighted by Gasteiger charge is -2.40. The quantitative estimate of drug-likeness (QED) is 0.616. The highest BCUT2D eigenvalue weighted by Crippen LogP contribution is 2.46. The Labute approximate surface area is 89.1 Å². The second-order valence-electron chi connectivity index (χ2n) is 3.40. The van der Waals surface area contributed by atoms with Crippen molar-refractivity contribution in [2.45, 2.75) is 45.8 Å². The van der Waals surface area contributed by atoms with E-state index in [1.54, 1.807) is 0 Å². The Morgan fingerprint density at radius 1 is 0.818 bits per heavy atom. The van der Waals surface area contributed by atoms with Crippen molar-refractivity contribution >= 4 is 43.6 Å². The van der Waals surface area contributed by atoms with E-state index in [2.05, 4.69) is 43.6 Å². The van der Waals surface area contributed by atoms with Crippen LogP contribution in [-0.2, 0) is 0 Å². The first-order chi connectivity index (χ1) is 5.27. The predicted molar refractivity (Wildman–Crippen MR) is 59.1 cm³/mol. The van der Waals surface area contributed by atoms with E-state index in [0.29, 0.717) is 0 Å². The lowest BCUT2D eigenvalue weighted by atomic mass is 9.99. The SMILES string of the molecule is Br[C@@H]1CC[C@H]2S[C@H]1CC[C@@H]2Br. The van der Waals surface area contributed by atoms with Gasteiger partial charge in [0.1, 0.15) is 0 Å². The van der Waals surface area contributed by atoms with E-state index in [1.807, 2.05) is 0 Å². The van der Waals surface area contributed by atoms with E-state index in [-0.39, 0.29) is 0 Å². The second-order valence-corrected chi connectivity index (χ2v) is 7.24. The lowest BCUT2D eigenvalue weighted by molar-refractivity contribution is 0.516. The van der Waals surface area contributed by atoms with Gasteiger partial charge in [0.05, 0.1) is 0 Å². The number of fused-ring (bicyclic) bond motifs is 2. The average Bonchev–Trinajstić information content (AvgIpc) is 2.02. The van der Waals surface area contributed by atoms with Crippen molar-refractivity contribution in [3.05, 3.63) is 0 Å². The molecule has 11 heavy (non-hydrogen) atoms. The number of rotatable bonds is 0. The maximum atomic E-state index is 3.76. The smallest absolute Gasteiger partial charge is 0.0265 e. The van der Waals surface area contributed by atoms with Gasteiger partial charge in [-0.05, 0) is 25.7 Å². The molecule has 0 aromatic heterocycles. The standard InChI is InChI=1S/C8H12Br2S/c9-5-1-3-7-6(10)2-4-8(5)11-7/h5-8H,1-4H2/t5-,6+,7-,8+. The van der Waals surface area contributed by atoms with Gasteiger partial charge in [-0.2, -0.15) is 11.8 Å². The van der Waals surface area contributed by atoms with Gasteiger partial charge in [-0.15, -0.1) is 0 Å². The van der Waals surface area contributed by atoms with Crippen LogP contribution in [0.5, 0.6) is 0 Å². The van der Waals surface area contributed by atoms with Crippen LogP contribution in [0.4, 0.5) is 0 Å². The largest absolute Gasteiger partial charge is 0.153 e. The molecule has 2 rings (SSSR count). The highest BCUT2D eigenvalue weighted by atomic mass is 79.9. The third kappa shape index (κ3) is 1.80. The fourth-order valence-electron chi connectivity index (χ4n) is 1.91. The molecule has 3 heteroatoms. The third-order valence-corrected chi connectivity index (χ3v) is 7.33. The molecule has 2 fully saturated rings. The molecule has 2 aliphatic rings. The fourth-order valence-corrected chi connectivity index (χ4v) is 5.32. The molecule has 0 amide bonds. The van der Waals surface area contributed by atoms with E-state index in [9.17, 15) is 0 Å². The molecule has 2 saturated heterocycles. The van der Waals surface area contributed by atoms with Crippen molar-refractivity contribution in [1.82, 2.24) is 0 Å². The molecule has 2 bridgehead atoms. The number of hydrogen-bond acceptors (Lipinski definition) is 1. The monoisotopic (exact) mass is 298 g/mol. The number of hydrogen-bond donors (Lipinski definition) is 0. The van der Waals surface area contributed by atoms with Gasteiger partial charge in [0.2, 0.25) is 0 Å². The van der Waals surface area contributed by atoms with Gasteiger partial charge in [0.25, 0.3) is 0 Å². The van der Waals surface area contributed by atoms with Gasteiger partial charge < -0.3 is 0 Å². The minimum atomic E-state index is 0.795. The summed E-state index contributed by atoms with van der Waals surface area (Å²) in [6.07, 6.45) is 5.55. The van der Waals surface area contributed by atoms with Crippen LogP contribution in [0.25, 0.3) is 0 Å². The summed E-state index contributed by atoms with van der Waals surface area (Å²) in [5, 5.41) is 1.81. The summed E-state index contributed by atoms with van der Waals surface area (Å²) < 4.78 is 0. The average molecular weight is 300 g/mol. The highest BCUT2D eigenvalue weighted by molar-refractivity contribution is 9.10. The van der Waals surface area contributed by atoms with Crippen molar-refractivity contribution in [2.24, 2.45) is 0 Å². The van der Waals surface area contributed by atoms with E-state index in [1.165, 1.54) is 25.7 Å². The van der Waals surface area contributed by atoms with Gasteiger partial charge >= 0.3 is 0 Å². The second kappa shape index (κ2) is 3.59. The lowest BCUT2D eigenvalue weighted by Crippen LogP contribution is -2.37.